The van der Waals surface area contributed by atoms with Crippen molar-refractivity contribution in [3.05, 3.63) is 35.2 Å². The molecule has 1 N–H and O–H groups in total. The fourth-order valence-electron chi connectivity index (χ4n) is 1.74. The lowest BCUT2D eigenvalue weighted by Crippen LogP contribution is -2.21. The van der Waals surface area contributed by atoms with E-state index in [2.05, 4.69) is 36.0 Å². The lowest BCUT2D eigenvalue weighted by Gasteiger charge is -2.18. The Kier molecular flexibility index (Phi) is 4.99. The third-order valence-electron chi connectivity index (χ3n) is 2.80. The minimum absolute atomic E-state index is 0.496. The smallest absolute Gasteiger partial charge is 0.185 e. The molecule has 0 fully saturated rings. The Balaban J connectivity index is 1.98. The summed E-state index contributed by atoms with van der Waals surface area (Å²) >= 11 is 1.74. The molecule has 104 valence electrons. The molecule has 0 bridgehead atoms. The SMILES string of the molecule is CCN(Cc1ccco1)c1ncc(CNC(C)C)s1. The second kappa shape index (κ2) is 6.73. The molecule has 19 heavy (non-hydrogen) atoms. The second-order valence-corrected chi connectivity index (χ2v) is 5.83. The first-order valence-corrected chi connectivity index (χ1v) is 7.46. The van der Waals surface area contributed by atoms with Gasteiger partial charge < -0.3 is 14.6 Å². The standard InChI is InChI=1S/C14H21N3OS/c1-4-17(10-12-6-5-7-18-12)14-16-9-13(19-14)8-15-11(2)3/h5-7,9,11,15H,4,8,10H2,1-3H3. The number of nitrogens with zero attached hydrogens (tertiary/aromatic N) is 2. The zero-order valence-corrected chi connectivity index (χ0v) is 12.5. The molecule has 0 aliphatic heterocycles. The number of hydrogen-bond donors (Lipinski definition) is 1. The van der Waals surface area contributed by atoms with E-state index in [-0.39, 0.29) is 0 Å². The first-order valence-electron chi connectivity index (χ1n) is 6.64. The molecule has 0 radical (unpaired) electrons. The third-order valence-corrected chi connectivity index (χ3v) is 3.86. The van der Waals surface area contributed by atoms with Crippen LogP contribution in [0.1, 0.15) is 31.4 Å². The molecule has 0 atom stereocenters. The highest BCUT2D eigenvalue weighted by Gasteiger charge is 2.11. The van der Waals surface area contributed by atoms with Crippen LogP contribution in [0.5, 0.6) is 0 Å². The van der Waals surface area contributed by atoms with Crippen LogP contribution in [0.2, 0.25) is 0 Å². The fourth-order valence-corrected chi connectivity index (χ4v) is 2.66. The van der Waals surface area contributed by atoms with Crippen molar-refractivity contribution in [3.63, 3.8) is 0 Å². The predicted molar refractivity (Wildman–Crippen MR) is 79.5 cm³/mol. The molecule has 0 spiro atoms. The van der Waals surface area contributed by atoms with E-state index in [1.807, 2.05) is 18.3 Å². The van der Waals surface area contributed by atoms with Crippen molar-refractivity contribution in [3.8, 4) is 0 Å². The van der Waals surface area contributed by atoms with Crippen LogP contribution in [0.25, 0.3) is 0 Å². The summed E-state index contributed by atoms with van der Waals surface area (Å²) in [5.74, 6) is 0.971. The van der Waals surface area contributed by atoms with Gasteiger partial charge in [-0.25, -0.2) is 4.98 Å². The molecule has 4 nitrogen and oxygen atoms in total. The quantitative estimate of drug-likeness (QED) is 0.844. The molecular formula is C14H21N3OS. The number of furan rings is 1. The van der Waals surface area contributed by atoms with Crippen LogP contribution < -0.4 is 10.2 Å². The van der Waals surface area contributed by atoms with E-state index in [0.29, 0.717) is 6.04 Å². The van der Waals surface area contributed by atoms with Gasteiger partial charge in [0.05, 0.1) is 12.8 Å². The Morgan fingerprint density at radius 3 is 2.95 bits per heavy atom. The molecule has 2 aromatic rings. The average molecular weight is 279 g/mol. The number of anilines is 1. The maximum absolute atomic E-state index is 5.40. The molecule has 0 amide bonds. The molecule has 0 saturated heterocycles. The zero-order valence-electron chi connectivity index (χ0n) is 11.7. The summed E-state index contributed by atoms with van der Waals surface area (Å²) in [5, 5.41) is 4.47. The maximum atomic E-state index is 5.40. The van der Waals surface area contributed by atoms with Gasteiger partial charge in [0.25, 0.3) is 0 Å². The van der Waals surface area contributed by atoms with Gasteiger partial charge in [-0.2, -0.15) is 0 Å². The number of nitrogens with one attached hydrogen (secondary N) is 1. The van der Waals surface area contributed by atoms with Gasteiger partial charge in [0.15, 0.2) is 5.13 Å². The van der Waals surface area contributed by atoms with Crippen LogP contribution in [0.3, 0.4) is 0 Å². The second-order valence-electron chi connectivity index (χ2n) is 4.74. The summed E-state index contributed by atoms with van der Waals surface area (Å²) in [6.07, 6.45) is 3.67. The minimum Gasteiger partial charge on any atom is -0.467 e. The van der Waals surface area contributed by atoms with Crippen molar-refractivity contribution in [2.75, 3.05) is 11.4 Å². The maximum Gasteiger partial charge on any atom is 0.185 e. The van der Waals surface area contributed by atoms with Crippen molar-refractivity contribution >= 4 is 16.5 Å². The van der Waals surface area contributed by atoms with Gasteiger partial charge in [0.2, 0.25) is 0 Å². The van der Waals surface area contributed by atoms with Gasteiger partial charge >= 0.3 is 0 Å². The van der Waals surface area contributed by atoms with E-state index in [4.69, 9.17) is 4.42 Å². The van der Waals surface area contributed by atoms with Crippen molar-refractivity contribution in [2.24, 2.45) is 0 Å². The van der Waals surface area contributed by atoms with Crippen LogP contribution in [-0.4, -0.2) is 17.6 Å². The monoisotopic (exact) mass is 279 g/mol. The fraction of sp³-hybridized carbons (Fsp3) is 0.500. The molecule has 2 rings (SSSR count). The highest BCUT2D eigenvalue weighted by Crippen LogP contribution is 2.24. The predicted octanol–water partition coefficient (Wildman–Crippen LogP) is 3.26. The number of thiazole rings is 1. The number of aromatic nitrogens is 1. The van der Waals surface area contributed by atoms with E-state index in [0.717, 1.165) is 30.5 Å². The van der Waals surface area contributed by atoms with Crippen molar-refractivity contribution < 1.29 is 4.42 Å². The molecule has 0 unspecified atom stereocenters. The minimum atomic E-state index is 0.496. The van der Waals surface area contributed by atoms with Crippen LogP contribution in [-0.2, 0) is 13.1 Å². The average Bonchev–Trinajstić information content (AvgIpc) is 3.04. The molecule has 0 aromatic carbocycles. The number of hydrogen-bond acceptors (Lipinski definition) is 5. The molecule has 0 saturated carbocycles. The van der Waals surface area contributed by atoms with Crippen LogP contribution in [0.15, 0.2) is 29.0 Å². The first-order chi connectivity index (χ1) is 9.19. The highest BCUT2D eigenvalue weighted by atomic mass is 32.1. The summed E-state index contributed by atoms with van der Waals surface area (Å²) in [4.78, 5) is 8.00. The lowest BCUT2D eigenvalue weighted by atomic mass is 10.4. The zero-order chi connectivity index (χ0) is 13.7. The van der Waals surface area contributed by atoms with Crippen LogP contribution in [0.4, 0.5) is 5.13 Å². The first kappa shape index (κ1) is 14.1. The van der Waals surface area contributed by atoms with Gasteiger partial charge in [-0.05, 0) is 19.1 Å². The van der Waals surface area contributed by atoms with Gasteiger partial charge in [0, 0.05) is 30.2 Å². The van der Waals surface area contributed by atoms with Gasteiger partial charge in [-0.3, -0.25) is 0 Å². The molecule has 5 heteroatoms. The van der Waals surface area contributed by atoms with Crippen molar-refractivity contribution in [1.82, 2.24) is 10.3 Å². The Labute approximate surface area is 118 Å². The van der Waals surface area contributed by atoms with E-state index in [1.165, 1.54) is 4.88 Å². The summed E-state index contributed by atoms with van der Waals surface area (Å²) < 4.78 is 5.40. The summed E-state index contributed by atoms with van der Waals surface area (Å²) in [5.41, 5.74) is 0. The molecule has 0 aliphatic rings. The van der Waals surface area contributed by atoms with E-state index >= 15 is 0 Å². The van der Waals surface area contributed by atoms with Crippen molar-refractivity contribution in [1.29, 1.82) is 0 Å². The highest BCUT2D eigenvalue weighted by molar-refractivity contribution is 7.15. The largest absolute Gasteiger partial charge is 0.467 e. The van der Waals surface area contributed by atoms with Crippen LogP contribution in [0, 0.1) is 0 Å². The Bertz CT molecular complexity index is 479. The molecule has 2 heterocycles. The third kappa shape index (κ3) is 4.08. The van der Waals surface area contributed by atoms with E-state index in [1.54, 1.807) is 17.6 Å². The van der Waals surface area contributed by atoms with Crippen LogP contribution >= 0.6 is 11.3 Å². The Morgan fingerprint density at radius 1 is 1.47 bits per heavy atom. The van der Waals surface area contributed by atoms with E-state index < -0.39 is 0 Å². The molecular weight excluding hydrogens is 258 g/mol. The Morgan fingerprint density at radius 2 is 2.32 bits per heavy atom. The van der Waals surface area contributed by atoms with Crippen molar-refractivity contribution in [2.45, 2.75) is 39.9 Å². The molecule has 0 aliphatic carbocycles. The topological polar surface area (TPSA) is 41.3 Å². The number of rotatable bonds is 7. The van der Waals surface area contributed by atoms with E-state index in [9.17, 15) is 0 Å². The Hall–Kier alpha value is -1.33. The van der Waals surface area contributed by atoms with Gasteiger partial charge in [-0.1, -0.05) is 13.8 Å². The molecule has 2 aromatic heterocycles. The summed E-state index contributed by atoms with van der Waals surface area (Å²) in [7, 11) is 0. The summed E-state index contributed by atoms with van der Waals surface area (Å²) in [6.45, 7) is 9.01. The lowest BCUT2D eigenvalue weighted by molar-refractivity contribution is 0.503. The normalized spacial score (nSPS) is 11.2. The van der Waals surface area contributed by atoms with Gasteiger partial charge in [0.1, 0.15) is 5.76 Å². The van der Waals surface area contributed by atoms with Gasteiger partial charge in [-0.15, -0.1) is 11.3 Å². The summed E-state index contributed by atoms with van der Waals surface area (Å²) in [6, 6.07) is 4.41.